The fourth-order valence-electron chi connectivity index (χ4n) is 1.69. The van der Waals surface area contributed by atoms with E-state index >= 15 is 0 Å². The smallest absolute Gasteiger partial charge is 0.323 e. The maximum Gasteiger partial charge on any atom is 0.343 e. The molecule has 0 aliphatic rings. The minimum absolute atomic E-state index is 0.232. The van der Waals surface area contributed by atoms with E-state index in [-0.39, 0.29) is 17.5 Å². The van der Waals surface area contributed by atoms with Crippen molar-refractivity contribution in [3.05, 3.63) is 46.1 Å². The van der Waals surface area contributed by atoms with Crippen LogP contribution in [-0.4, -0.2) is 20.5 Å². The molecule has 1 unspecified atom stereocenters. The van der Waals surface area contributed by atoms with Gasteiger partial charge in [0.15, 0.2) is 5.16 Å². The van der Waals surface area contributed by atoms with Crippen molar-refractivity contribution in [2.75, 3.05) is 5.75 Å². The standard InChI is InChI=1S/C12H15FN4OS/c1-2-17-11(18)15-16-12(17)19-7-10(14)8-4-3-5-9(13)6-8/h3-6,10H,2,7,14H2,1H3,(H,15,18). The maximum absolute atomic E-state index is 13.1. The summed E-state index contributed by atoms with van der Waals surface area (Å²) in [7, 11) is 0. The number of nitrogens with zero attached hydrogens (tertiary/aromatic N) is 2. The summed E-state index contributed by atoms with van der Waals surface area (Å²) < 4.78 is 14.6. The van der Waals surface area contributed by atoms with Gasteiger partial charge in [0, 0.05) is 18.3 Å². The first-order valence-electron chi connectivity index (χ1n) is 5.91. The molecule has 7 heteroatoms. The highest BCUT2D eigenvalue weighted by molar-refractivity contribution is 7.99. The Balaban J connectivity index is 2.04. The van der Waals surface area contributed by atoms with E-state index in [0.717, 1.165) is 5.56 Å². The van der Waals surface area contributed by atoms with Crippen LogP contribution in [0.4, 0.5) is 4.39 Å². The number of benzene rings is 1. The Morgan fingerprint density at radius 3 is 3.05 bits per heavy atom. The summed E-state index contributed by atoms with van der Waals surface area (Å²) in [6.07, 6.45) is 0. The molecule has 2 aromatic rings. The number of thioether (sulfide) groups is 1. The van der Waals surface area contributed by atoms with Gasteiger partial charge in [-0.1, -0.05) is 23.9 Å². The van der Waals surface area contributed by atoms with E-state index in [9.17, 15) is 9.18 Å². The maximum atomic E-state index is 13.1. The fourth-order valence-corrected chi connectivity index (χ4v) is 2.69. The number of nitrogens with two attached hydrogens (primary N) is 1. The van der Waals surface area contributed by atoms with Gasteiger partial charge in [-0.15, -0.1) is 5.10 Å². The quantitative estimate of drug-likeness (QED) is 0.815. The molecule has 102 valence electrons. The van der Waals surface area contributed by atoms with Crippen LogP contribution in [0.25, 0.3) is 0 Å². The molecule has 0 aliphatic carbocycles. The number of hydrogen-bond donors (Lipinski definition) is 2. The van der Waals surface area contributed by atoms with Gasteiger partial charge in [0.05, 0.1) is 0 Å². The van der Waals surface area contributed by atoms with Crippen LogP contribution in [0.1, 0.15) is 18.5 Å². The van der Waals surface area contributed by atoms with Crippen LogP contribution in [0.5, 0.6) is 0 Å². The number of aromatic nitrogens is 3. The SMILES string of the molecule is CCn1c(SCC(N)c2cccc(F)c2)n[nH]c1=O. The third-order valence-corrected chi connectivity index (χ3v) is 3.80. The Labute approximate surface area is 114 Å². The van der Waals surface area contributed by atoms with E-state index in [0.29, 0.717) is 17.5 Å². The molecule has 0 aliphatic heterocycles. The normalized spacial score (nSPS) is 12.6. The monoisotopic (exact) mass is 282 g/mol. The molecule has 2 rings (SSSR count). The van der Waals surface area contributed by atoms with Crippen molar-refractivity contribution in [2.45, 2.75) is 24.7 Å². The van der Waals surface area contributed by atoms with E-state index in [1.54, 1.807) is 12.1 Å². The van der Waals surface area contributed by atoms with Gasteiger partial charge in [-0.3, -0.25) is 4.57 Å². The van der Waals surface area contributed by atoms with E-state index < -0.39 is 0 Å². The van der Waals surface area contributed by atoms with Gasteiger partial charge < -0.3 is 5.73 Å². The molecule has 0 fully saturated rings. The first-order chi connectivity index (χ1) is 9.11. The van der Waals surface area contributed by atoms with Crippen molar-refractivity contribution in [3.8, 4) is 0 Å². The second-order valence-corrected chi connectivity index (χ2v) is 5.02. The van der Waals surface area contributed by atoms with Crippen LogP contribution in [-0.2, 0) is 6.54 Å². The number of H-pyrrole nitrogens is 1. The van der Waals surface area contributed by atoms with Crippen molar-refractivity contribution >= 4 is 11.8 Å². The molecule has 19 heavy (non-hydrogen) atoms. The number of rotatable bonds is 5. The molecular weight excluding hydrogens is 267 g/mol. The highest BCUT2D eigenvalue weighted by atomic mass is 32.2. The van der Waals surface area contributed by atoms with E-state index in [2.05, 4.69) is 10.2 Å². The molecule has 5 nitrogen and oxygen atoms in total. The Morgan fingerprint density at radius 1 is 1.58 bits per heavy atom. The molecule has 0 bridgehead atoms. The van der Waals surface area contributed by atoms with Crippen LogP contribution in [0, 0.1) is 5.82 Å². The number of aromatic amines is 1. The van der Waals surface area contributed by atoms with Gasteiger partial charge in [-0.2, -0.15) is 0 Å². The molecule has 1 aromatic carbocycles. The Hall–Kier alpha value is -1.60. The van der Waals surface area contributed by atoms with E-state index in [1.165, 1.54) is 28.5 Å². The molecule has 1 atom stereocenters. The van der Waals surface area contributed by atoms with Crippen LogP contribution in [0.15, 0.2) is 34.2 Å². The predicted octanol–water partition coefficient (Wildman–Crippen LogP) is 1.52. The molecular formula is C12H15FN4OS. The van der Waals surface area contributed by atoms with Crippen molar-refractivity contribution in [1.82, 2.24) is 14.8 Å². The van der Waals surface area contributed by atoms with Gasteiger partial charge in [0.1, 0.15) is 5.82 Å². The lowest BCUT2D eigenvalue weighted by Crippen LogP contribution is -2.17. The van der Waals surface area contributed by atoms with Gasteiger partial charge in [0.2, 0.25) is 0 Å². The summed E-state index contributed by atoms with van der Waals surface area (Å²) in [5.41, 5.74) is 6.50. The number of halogens is 1. The minimum Gasteiger partial charge on any atom is -0.323 e. The average Bonchev–Trinajstić information content (AvgIpc) is 2.76. The molecule has 0 saturated heterocycles. The predicted molar refractivity (Wildman–Crippen MR) is 72.6 cm³/mol. The number of hydrogen-bond acceptors (Lipinski definition) is 4. The first kappa shape index (κ1) is 13.8. The largest absolute Gasteiger partial charge is 0.343 e. The Morgan fingerprint density at radius 2 is 2.37 bits per heavy atom. The summed E-state index contributed by atoms with van der Waals surface area (Å²) in [4.78, 5) is 11.4. The van der Waals surface area contributed by atoms with Crippen LogP contribution in [0.3, 0.4) is 0 Å². The summed E-state index contributed by atoms with van der Waals surface area (Å²) in [5, 5.41) is 6.92. The Kier molecular flexibility index (Phi) is 4.39. The van der Waals surface area contributed by atoms with Gasteiger partial charge >= 0.3 is 5.69 Å². The zero-order chi connectivity index (χ0) is 13.8. The lowest BCUT2D eigenvalue weighted by Gasteiger charge is -2.11. The molecule has 0 amide bonds. The highest BCUT2D eigenvalue weighted by Gasteiger charge is 2.11. The number of nitrogens with one attached hydrogen (secondary N) is 1. The zero-order valence-corrected chi connectivity index (χ0v) is 11.3. The summed E-state index contributed by atoms with van der Waals surface area (Å²) in [6.45, 7) is 2.42. The van der Waals surface area contributed by atoms with Crippen molar-refractivity contribution in [1.29, 1.82) is 0 Å². The van der Waals surface area contributed by atoms with Gasteiger partial charge in [-0.05, 0) is 24.6 Å². The molecule has 1 aromatic heterocycles. The summed E-state index contributed by atoms with van der Waals surface area (Å²) >= 11 is 1.37. The molecule has 0 saturated carbocycles. The van der Waals surface area contributed by atoms with Crippen molar-refractivity contribution < 1.29 is 4.39 Å². The molecule has 1 heterocycles. The summed E-state index contributed by atoms with van der Waals surface area (Å²) in [6, 6.07) is 5.91. The van der Waals surface area contributed by atoms with E-state index in [1.807, 2.05) is 6.92 Å². The minimum atomic E-state index is -0.308. The van der Waals surface area contributed by atoms with Crippen molar-refractivity contribution in [3.63, 3.8) is 0 Å². The van der Waals surface area contributed by atoms with Crippen LogP contribution >= 0.6 is 11.8 Å². The second kappa shape index (κ2) is 6.03. The lowest BCUT2D eigenvalue weighted by molar-refractivity contribution is 0.622. The van der Waals surface area contributed by atoms with Crippen LogP contribution in [0.2, 0.25) is 0 Å². The second-order valence-electron chi connectivity index (χ2n) is 4.03. The lowest BCUT2D eigenvalue weighted by atomic mass is 10.1. The highest BCUT2D eigenvalue weighted by Crippen LogP contribution is 2.21. The molecule has 3 N–H and O–H groups in total. The summed E-state index contributed by atoms with van der Waals surface area (Å²) in [5.74, 6) is 0.219. The topological polar surface area (TPSA) is 76.7 Å². The van der Waals surface area contributed by atoms with Gasteiger partial charge in [0.25, 0.3) is 0 Å². The third-order valence-electron chi connectivity index (χ3n) is 2.71. The van der Waals surface area contributed by atoms with Crippen molar-refractivity contribution in [2.24, 2.45) is 5.73 Å². The fraction of sp³-hybridized carbons (Fsp3) is 0.333. The first-order valence-corrected chi connectivity index (χ1v) is 6.89. The average molecular weight is 282 g/mol. The third kappa shape index (κ3) is 3.24. The van der Waals surface area contributed by atoms with Gasteiger partial charge in [-0.25, -0.2) is 14.3 Å². The van der Waals surface area contributed by atoms with Crippen LogP contribution < -0.4 is 11.4 Å². The molecule has 0 spiro atoms. The van der Waals surface area contributed by atoms with E-state index in [4.69, 9.17) is 5.73 Å². The Bertz CT molecular complexity index is 610. The zero-order valence-electron chi connectivity index (χ0n) is 10.5. The molecule has 0 radical (unpaired) electrons.